The van der Waals surface area contributed by atoms with Crippen LogP contribution in [0, 0.1) is 0 Å². The van der Waals surface area contributed by atoms with Crippen LogP contribution in [0.15, 0.2) is 0 Å². The van der Waals surface area contributed by atoms with Crippen molar-refractivity contribution in [3.8, 4) is 0 Å². The minimum atomic E-state index is -1.74. The summed E-state index contributed by atoms with van der Waals surface area (Å²) in [4.78, 5) is 0. The van der Waals surface area contributed by atoms with E-state index in [0.717, 1.165) is 0 Å². The first-order chi connectivity index (χ1) is 10.3. The molecule has 2 heterocycles. The summed E-state index contributed by atoms with van der Waals surface area (Å²) in [6, 6.07) is 0. The smallest absolute Gasteiger partial charge is 0.197 e. The molecule has 2 fully saturated rings. The van der Waals surface area contributed by atoms with Gasteiger partial charge in [0.05, 0.1) is 25.9 Å². The van der Waals surface area contributed by atoms with Gasteiger partial charge in [-0.25, -0.2) is 0 Å². The lowest BCUT2D eigenvalue weighted by Crippen LogP contribution is -2.63. The molecular weight excluding hydrogens is 304 g/mol. The molecule has 2 aliphatic heterocycles. The van der Waals surface area contributed by atoms with Gasteiger partial charge in [-0.15, -0.1) is 0 Å². The molecule has 10 nitrogen and oxygen atoms in total. The summed E-state index contributed by atoms with van der Waals surface area (Å²) in [5.74, 6) is -1.74. The van der Waals surface area contributed by atoms with Gasteiger partial charge < -0.3 is 50.0 Å². The maximum absolute atomic E-state index is 9.89. The van der Waals surface area contributed by atoms with Gasteiger partial charge >= 0.3 is 0 Å². The van der Waals surface area contributed by atoms with Crippen molar-refractivity contribution in [1.29, 1.82) is 0 Å². The van der Waals surface area contributed by atoms with Crippen molar-refractivity contribution in [3.05, 3.63) is 0 Å². The monoisotopic (exact) mass is 326 g/mol. The van der Waals surface area contributed by atoms with Gasteiger partial charge in [0.25, 0.3) is 0 Å². The summed E-state index contributed by atoms with van der Waals surface area (Å²) in [6.07, 6.45) is -10.2. The van der Waals surface area contributed by atoms with Crippen LogP contribution in [0.1, 0.15) is 6.42 Å². The van der Waals surface area contributed by atoms with Gasteiger partial charge in [0.1, 0.15) is 30.5 Å². The highest BCUT2D eigenvalue weighted by Crippen LogP contribution is 2.32. The Kier molecular flexibility index (Phi) is 5.72. The summed E-state index contributed by atoms with van der Waals surface area (Å²) >= 11 is 0. The van der Waals surface area contributed by atoms with Crippen LogP contribution in [0.2, 0.25) is 0 Å². The van der Waals surface area contributed by atoms with E-state index >= 15 is 0 Å². The number of hydrogen-bond acceptors (Lipinski definition) is 10. The molecule has 2 rings (SSSR count). The quantitative estimate of drug-likeness (QED) is 0.268. The Balaban J connectivity index is 2.09. The molecule has 7 N–H and O–H groups in total. The van der Waals surface area contributed by atoms with E-state index in [-0.39, 0.29) is 13.0 Å². The van der Waals surface area contributed by atoms with Crippen molar-refractivity contribution >= 4 is 0 Å². The van der Waals surface area contributed by atoms with Crippen molar-refractivity contribution in [2.75, 3.05) is 19.8 Å². The number of ether oxygens (including phenoxy) is 3. The lowest BCUT2D eigenvalue weighted by Gasteiger charge is -2.46. The molecule has 8 atom stereocenters. The van der Waals surface area contributed by atoms with Crippen molar-refractivity contribution in [2.24, 2.45) is 0 Å². The Morgan fingerprint density at radius 2 is 1.64 bits per heavy atom. The van der Waals surface area contributed by atoms with Crippen molar-refractivity contribution in [2.45, 2.75) is 55.1 Å². The van der Waals surface area contributed by atoms with Crippen LogP contribution < -0.4 is 0 Å². The first-order valence-electron chi connectivity index (χ1n) is 6.93. The fourth-order valence-corrected chi connectivity index (χ4v) is 2.47. The second-order valence-corrected chi connectivity index (χ2v) is 5.53. The first kappa shape index (κ1) is 17.9. The highest BCUT2D eigenvalue weighted by Gasteiger charge is 2.50. The molecule has 0 spiro atoms. The third-order valence-corrected chi connectivity index (χ3v) is 3.90. The topological polar surface area (TPSA) is 169 Å². The number of aliphatic hydroxyl groups is 7. The second kappa shape index (κ2) is 7.01. The standard InChI is InChI=1S/C12H22O10/c13-2-7-8(17)9(18)10(19)11(21-7)22-12(4-14)1-5(15)6(16)3-20-12/h5-11,13-19H,1-4H2/t5?,6-,7?,8+,9?,10?,11-,12-/m0/s1. The number of hydrogen-bond donors (Lipinski definition) is 7. The molecule has 0 radical (unpaired) electrons. The second-order valence-electron chi connectivity index (χ2n) is 5.53. The zero-order valence-electron chi connectivity index (χ0n) is 11.7. The Morgan fingerprint density at radius 3 is 2.18 bits per heavy atom. The average molecular weight is 326 g/mol. The summed E-state index contributed by atoms with van der Waals surface area (Å²) in [5, 5.41) is 66.9. The van der Waals surface area contributed by atoms with E-state index < -0.39 is 61.9 Å². The van der Waals surface area contributed by atoms with E-state index in [1.54, 1.807) is 0 Å². The van der Waals surface area contributed by atoms with E-state index in [2.05, 4.69) is 0 Å². The van der Waals surface area contributed by atoms with Crippen LogP contribution in [-0.4, -0.2) is 104 Å². The lowest BCUT2D eigenvalue weighted by atomic mass is 9.98. The highest BCUT2D eigenvalue weighted by molar-refractivity contribution is 4.91. The third kappa shape index (κ3) is 3.41. The van der Waals surface area contributed by atoms with E-state index in [4.69, 9.17) is 19.3 Å². The third-order valence-electron chi connectivity index (χ3n) is 3.90. The Labute approximate surface area is 126 Å². The van der Waals surface area contributed by atoms with E-state index in [0.29, 0.717) is 0 Å². The SMILES string of the molecule is OCC1O[C@@H](O[C@]2(CO)CC(O)[C@@H](O)CO2)C(O)C(O)[C@@H]1O. The molecule has 0 aromatic carbocycles. The Morgan fingerprint density at radius 1 is 0.955 bits per heavy atom. The van der Waals surface area contributed by atoms with Crippen molar-refractivity contribution < 1.29 is 50.0 Å². The van der Waals surface area contributed by atoms with Gasteiger partial charge in [-0.05, 0) is 0 Å². The van der Waals surface area contributed by atoms with Crippen LogP contribution in [0.5, 0.6) is 0 Å². The zero-order valence-corrected chi connectivity index (χ0v) is 11.7. The molecule has 4 unspecified atom stereocenters. The molecule has 0 amide bonds. The Bertz CT molecular complexity index is 366. The molecule has 130 valence electrons. The first-order valence-corrected chi connectivity index (χ1v) is 6.93. The molecule has 2 aliphatic rings. The van der Waals surface area contributed by atoms with E-state index in [1.807, 2.05) is 0 Å². The van der Waals surface area contributed by atoms with Crippen LogP contribution in [0.3, 0.4) is 0 Å². The molecular formula is C12H22O10. The van der Waals surface area contributed by atoms with Crippen molar-refractivity contribution in [3.63, 3.8) is 0 Å². The predicted molar refractivity (Wildman–Crippen MR) is 67.3 cm³/mol. The largest absolute Gasteiger partial charge is 0.394 e. The average Bonchev–Trinajstić information content (AvgIpc) is 2.51. The molecule has 0 saturated carbocycles. The van der Waals surface area contributed by atoms with Crippen LogP contribution in [0.4, 0.5) is 0 Å². The summed E-state index contributed by atoms with van der Waals surface area (Å²) in [7, 11) is 0. The van der Waals surface area contributed by atoms with Crippen LogP contribution in [-0.2, 0) is 14.2 Å². The molecule has 0 aliphatic carbocycles. The minimum Gasteiger partial charge on any atom is -0.394 e. The van der Waals surface area contributed by atoms with Gasteiger partial charge in [-0.3, -0.25) is 0 Å². The fourth-order valence-electron chi connectivity index (χ4n) is 2.47. The molecule has 0 aromatic heterocycles. The highest BCUT2D eigenvalue weighted by atomic mass is 16.8. The van der Waals surface area contributed by atoms with Crippen LogP contribution in [0.25, 0.3) is 0 Å². The molecule has 22 heavy (non-hydrogen) atoms. The van der Waals surface area contributed by atoms with Gasteiger partial charge in [0, 0.05) is 6.42 Å². The number of rotatable bonds is 4. The normalized spacial score (nSPS) is 50.0. The molecule has 2 saturated heterocycles. The maximum Gasteiger partial charge on any atom is 0.197 e. The van der Waals surface area contributed by atoms with Gasteiger partial charge in [-0.2, -0.15) is 0 Å². The van der Waals surface area contributed by atoms with E-state index in [9.17, 15) is 30.6 Å². The van der Waals surface area contributed by atoms with Crippen LogP contribution >= 0.6 is 0 Å². The summed E-state index contributed by atoms with van der Waals surface area (Å²) in [5.41, 5.74) is 0. The molecule has 0 aromatic rings. The Hall–Kier alpha value is -0.400. The molecule has 0 bridgehead atoms. The van der Waals surface area contributed by atoms with Gasteiger partial charge in [0.15, 0.2) is 12.1 Å². The van der Waals surface area contributed by atoms with Crippen molar-refractivity contribution in [1.82, 2.24) is 0 Å². The predicted octanol–water partition coefficient (Wildman–Crippen LogP) is -4.37. The zero-order chi connectivity index (χ0) is 16.5. The fraction of sp³-hybridized carbons (Fsp3) is 1.00. The summed E-state index contributed by atoms with van der Waals surface area (Å²) in [6.45, 7) is -1.63. The molecule has 10 heteroatoms. The van der Waals surface area contributed by atoms with Gasteiger partial charge in [-0.1, -0.05) is 0 Å². The summed E-state index contributed by atoms with van der Waals surface area (Å²) < 4.78 is 15.7. The maximum atomic E-state index is 9.89. The lowest BCUT2D eigenvalue weighted by molar-refractivity contribution is -0.392. The minimum absolute atomic E-state index is 0.292. The number of aliphatic hydroxyl groups excluding tert-OH is 7. The van der Waals surface area contributed by atoms with E-state index in [1.165, 1.54) is 0 Å². The van der Waals surface area contributed by atoms with Gasteiger partial charge in [0.2, 0.25) is 0 Å².